The number of fused-ring (bicyclic) bond motifs is 1. The molecule has 2 saturated heterocycles. The smallest absolute Gasteiger partial charge is 0.326 e. The highest BCUT2D eigenvalue weighted by molar-refractivity contribution is 6.09. The van der Waals surface area contributed by atoms with E-state index >= 15 is 0 Å². The topological polar surface area (TPSA) is 84.9 Å². The predicted octanol–water partition coefficient (Wildman–Crippen LogP) is 0.892. The van der Waals surface area contributed by atoms with E-state index in [1.165, 1.54) is 12.0 Å². The average Bonchev–Trinajstić information content (AvgIpc) is 3.08. The van der Waals surface area contributed by atoms with Gasteiger partial charge in [-0.05, 0) is 19.9 Å². The van der Waals surface area contributed by atoms with E-state index in [9.17, 15) is 14.4 Å². The maximum Gasteiger partial charge on any atom is 0.326 e. The van der Waals surface area contributed by atoms with Gasteiger partial charge in [-0.1, -0.05) is 18.2 Å². The first-order valence-corrected chi connectivity index (χ1v) is 8.25. The summed E-state index contributed by atoms with van der Waals surface area (Å²) in [6.45, 7) is 3.65. The van der Waals surface area contributed by atoms with Gasteiger partial charge in [-0.2, -0.15) is 0 Å². The van der Waals surface area contributed by atoms with Crippen molar-refractivity contribution in [3.05, 3.63) is 29.8 Å². The van der Waals surface area contributed by atoms with E-state index in [4.69, 9.17) is 9.47 Å². The van der Waals surface area contributed by atoms with Crippen molar-refractivity contribution in [1.29, 1.82) is 0 Å². The minimum absolute atomic E-state index is 0.270. The summed E-state index contributed by atoms with van der Waals surface area (Å²) in [5.41, 5.74) is -0.534. The van der Waals surface area contributed by atoms with Crippen molar-refractivity contribution in [3.63, 3.8) is 0 Å². The molecule has 0 aromatic heterocycles. The fourth-order valence-corrected chi connectivity index (χ4v) is 4.10. The molecule has 7 nitrogen and oxygen atoms in total. The van der Waals surface area contributed by atoms with Gasteiger partial charge < -0.3 is 9.47 Å². The minimum Gasteiger partial charge on any atom is -0.496 e. The second kappa shape index (κ2) is 6.15. The van der Waals surface area contributed by atoms with Crippen molar-refractivity contribution < 1.29 is 23.9 Å². The Bertz CT molecular complexity index is 734. The van der Waals surface area contributed by atoms with Crippen LogP contribution in [0.3, 0.4) is 0 Å². The summed E-state index contributed by atoms with van der Waals surface area (Å²) in [6, 6.07) is 6.77. The van der Waals surface area contributed by atoms with Crippen molar-refractivity contribution in [2.24, 2.45) is 11.8 Å². The van der Waals surface area contributed by atoms with E-state index in [0.717, 1.165) is 5.56 Å². The van der Waals surface area contributed by atoms with Crippen LogP contribution in [0.5, 0.6) is 5.75 Å². The first-order chi connectivity index (χ1) is 11.9. The average molecular weight is 346 g/mol. The van der Waals surface area contributed by atoms with E-state index in [1.54, 1.807) is 27.0 Å². The van der Waals surface area contributed by atoms with Gasteiger partial charge in [0.05, 0.1) is 26.1 Å². The highest BCUT2D eigenvalue weighted by Crippen LogP contribution is 2.50. The molecule has 2 heterocycles. The number of nitrogens with one attached hydrogen (secondary N) is 1. The lowest BCUT2D eigenvalue weighted by atomic mass is 9.80. The van der Waals surface area contributed by atoms with Crippen LogP contribution < -0.4 is 10.1 Å². The van der Waals surface area contributed by atoms with Crippen LogP contribution in [0.25, 0.3) is 0 Å². The highest BCUT2D eigenvalue weighted by Gasteiger charge is 2.66. The molecule has 0 spiro atoms. The Kier molecular flexibility index (Phi) is 4.28. The fourth-order valence-electron chi connectivity index (χ4n) is 4.10. The van der Waals surface area contributed by atoms with E-state index in [1.807, 2.05) is 18.2 Å². The molecule has 0 aliphatic carbocycles. The number of amides is 2. The van der Waals surface area contributed by atoms with E-state index < -0.39 is 29.4 Å². The lowest BCUT2D eigenvalue weighted by Gasteiger charge is -2.28. The maximum atomic E-state index is 12.9. The molecule has 1 aromatic rings. The molecule has 0 unspecified atom stereocenters. The van der Waals surface area contributed by atoms with Crippen LogP contribution >= 0.6 is 0 Å². The lowest BCUT2D eigenvalue weighted by Crippen LogP contribution is -2.53. The summed E-state index contributed by atoms with van der Waals surface area (Å²) in [6.07, 6.45) is 0. The molecular formula is C18H22N2O5. The normalized spacial score (nSPS) is 31.2. The first-order valence-electron chi connectivity index (χ1n) is 8.25. The lowest BCUT2D eigenvalue weighted by molar-refractivity contribution is -0.153. The number of methoxy groups -OCH3 is 2. The number of carbonyl (C=O) groups is 3. The van der Waals surface area contributed by atoms with Crippen LogP contribution in [-0.4, -0.2) is 49.0 Å². The summed E-state index contributed by atoms with van der Waals surface area (Å²) in [4.78, 5) is 39.4. The van der Waals surface area contributed by atoms with Crippen molar-refractivity contribution in [2.45, 2.75) is 25.4 Å². The van der Waals surface area contributed by atoms with Crippen LogP contribution in [0, 0.1) is 11.8 Å². The molecule has 0 radical (unpaired) electrons. The van der Waals surface area contributed by atoms with E-state index in [-0.39, 0.29) is 18.4 Å². The second-order valence-electron chi connectivity index (χ2n) is 6.48. The number of carbonyl (C=O) groups excluding carboxylic acids is 3. The van der Waals surface area contributed by atoms with Gasteiger partial charge in [0.2, 0.25) is 11.8 Å². The van der Waals surface area contributed by atoms with Gasteiger partial charge in [-0.3, -0.25) is 24.6 Å². The quantitative estimate of drug-likeness (QED) is 0.644. The van der Waals surface area contributed by atoms with Crippen LogP contribution in [0.1, 0.15) is 25.5 Å². The molecule has 0 bridgehead atoms. The number of rotatable bonds is 4. The monoisotopic (exact) mass is 346 g/mol. The Labute approximate surface area is 146 Å². The summed E-state index contributed by atoms with van der Waals surface area (Å²) < 4.78 is 10.3. The number of hydrogen-bond donors (Lipinski definition) is 1. The molecule has 1 N–H and O–H groups in total. The van der Waals surface area contributed by atoms with Crippen LogP contribution in [0.2, 0.25) is 0 Å². The Morgan fingerprint density at radius 3 is 2.52 bits per heavy atom. The zero-order chi connectivity index (χ0) is 18.4. The van der Waals surface area contributed by atoms with Gasteiger partial charge in [-0.25, -0.2) is 0 Å². The zero-order valence-corrected chi connectivity index (χ0v) is 14.7. The standard InChI is InChI=1S/C18H22N2O5/c1-5-20-15(21)12-13(16(20)22)18(2,17(23)25-4)19-14(12)10-8-6-7-9-11(10)24-3/h6-9,12-14,19H,5H2,1-4H3/t12-,13-,14-,18+/m0/s1. The Hall–Kier alpha value is -2.41. The fraction of sp³-hybridized carbons (Fsp3) is 0.500. The largest absolute Gasteiger partial charge is 0.496 e. The number of esters is 1. The van der Waals surface area contributed by atoms with Gasteiger partial charge in [0.15, 0.2) is 0 Å². The number of likely N-dealkylation sites (tertiary alicyclic amines) is 1. The molecule has 7 heteroatoms. The van der Waals surface area contributed by atoms with Gasteiger partial charge in [0.1, 0.15) is 11.3 Å². The van der Waals surface area contributed by atoms with Gasteiger partial charge in [0, 0.05) is 18.2 Å². The third-order valence-corrected chi connectivity index (χ3v) is 5.28. The number of para-hydroxylation sites is 1. The summed E-state index contributed by atoms with van der Waals surface area (Å²) >= 11 is 0. The van der Waals surface area contributed by atoms with Gasteiger partial charge >= 0.3 is 5.97 Å². The number of benzene rings is 1. The molecule has 2 aliphatic rings. The van der Waals surface area contributed by atoms with Crippen LogP contribution in [0.15, 0.2) is 24.3 Å². The second-order valence-corrected chi connectivity index (χ2v) is 6.48. The molecule has 134 valence electrons. The maximum absolute atomic E-state index is 12.9. The zero-order valence-electron chi connectivity index (χ0n) is 14.7. The third kappa shape index (κ3) is 2.33. The molecule has 2 fully saturated rings. The number of hydrogen-bond acceptors (Lipinski definition) is 6. The third-order valence-electron chi connectivity index (χ3n) is 5.28. The summed E-state index contributed by atoms with van der Waals surface area (Å²) in [7, 11) is 2.82. The van der Waals surface area contributed by atoms with Crippen molar-refractivity contribution in [1.82, 2.24) is 10.2 Å². The van der Waals surface area contributed by atoms with Crippen molar-refractivity contribution >= 4 is 17.8 Å². The Balaban J connectivity index is 2.14. The van der Waals surface area contributed by atoms with Crippen molar-refractivity contribution in [3.8, 4) is 5.75 Å². The SMILES string of the molecule is CCN1C(=O)[C@H]2[C@@H](C1=O)[C@](C)(C(=O)OC)N[C@H]2c1ccccc1OC. The minimum atomic E-state index is -1.28. The summed E-state index contributed by atoms with van der Waals surface area (Å²) in [5.74, 6) is -2.04. The highest BCUT2D eigenvalue weighted by atomic mass is 16.5. The van der Waals surface area contributed by atoms with Crippen molar-refractivity contribution in [2.75, 3.05) is 20.8 Å². The van der Waals surface area contributed by atoms with Crippen LogP contribution in [0.4, 0.5) is 0 Å². The molecule has 2 amide bonds. The Morgan fingerprint density at radius 1 is 1.24 bits per heavy atom. The first kappa shape index (κ1) is 17.4. The number of nitrogens with zero attached hydrogens (tertiary/aromatic N) is 1. The molecule has 2 aliphatic heterocycles. The van der Waals surface area contributed by atoms with E-state index in [0.29, 0.717) is 5.75 Å². The number of imide groups is 1. The van der Waals surface area contributed by atoms with Gasteiger partial charge in [-0.15, -0.1) is 0 Å². The summed E-state index contributed by atoms with van der Waals surface area (Å²) in [5, 5.41) is 3.19. The Morgan fingerprint density at radius 2 is 1.92 bits per heavy atom. The number of ether oxygens (including phenoxy) is 2. The van der Waals surface area contributed by atoms with Gasteiger partial charge in [0.25, 0.3) is 0 Å². The molecule has 25 heavy (non-hydrogen) atoms. The van der Waals surface area contributed by atoms with Crippen LogP contribution in [-0.2, 0) is 19.1 Å². The molecule has 1 aromatic carbocycles. The predicted molar refractivity (Wildman–Crippen MR) is 88.7 cm³/mol. The molecular weight excluding hydrogens is 324 g/mol. The van der Waals surface area contributed by atoms with E-state index in [2.05, 4.69) is 5.32 Å². The molecule has 0 saturated carbocycles. The molecule has 3 rings (SSSR count). The molecule has 4 atom stereocenters.